The number of ether oxygens (including phenoxy) is 1. The summed E-state index contributed by atoms with van der Waals surface area (Å²) in [5.74, 6) is -0.701. The van der Waals surface area contributed by atoms with Gasteiger partial charge >= 0.3 is 0 Å². The van der Waals surface area contributed by atoms with E-state index in [0.717, 1.165) is 16.5 Å². The zero-order chi connectivity index (χ0) is 25.0. The van der Waals surface area contributed by atoms with Crippen LogP contribution in [0.3, 0.4) is 0 Å². The number of amides is 2. The molecule has 35 heavy (non-hydrogen) atoms. The largest absolute Gasteiger partial charge is 0.495 e. The van der Waals surface area contributed by atoms with E-state index in [1.807, 2.05) is 24.3 Å². The second kappa shape index (κ2) is 9.90. The van der Waals surface area contributed by atoms with Crippen molar-refractivity contribution in [3.8, 4) is 5.75 Å². The molecule has 0 atom stereocenters. The first-order valence-electron chi connectivity index (χ1n) is 10.7. The third-order valence-corrected chi connectivity index (χ3v) is 6.94. The van der Waals surface area contributed by atoms with Gasteiger partial charge in [-0.15, -0.1) is 0 Å². The fourth-order valence-corrected chi connectivity index (χ4v) is 5.00. The van der Waals surface area contributed by atoms with Crippen molar-refractivity contribution in [2.75, 3.05) is 11.8 Å². The molecule has 1 heterocycles. The van der Waals surface area contributed by atoms with Crippen LogP contribution in [0.1, 0.15) is 21.5 Å². The first-order valence-corrected chi connectivity index (χ1v) is 12.2. The molecule has 3 aromatic carbocycles. The van der Waals surface area contributed by atoms with Crippen molar-refractivity contribution < 1.29 is 22.7 Å². The highest BCUT2D eigenvalue weighted by Gasteiger charge is 2.21. The first-order chi connectivity index (χ1) is 16.8. The molecule has 0 aliphatic heterocycles. The topological polar surface area (TPSA) is 129 Å². The van der Waals surface area contributed by atoms with Crippen molar-refractivity contribution in [1.29, 1.82) is 0 Å². The molecule has 4 aromatic rings. The highest BCUT2D eigenvalue weighted by atomic mass is 32.2. The molecule has 1 aromatic heterocycles. The van der Waals surface area contributed by atoms with E-state index in [1.54, 1.807) is 37.4 Å². The standard InChI is InChI=1S/C25H24N4O5S/c1-16-11-12-17(13-23(16)35(32,33)29-21-9-5-6-10-22(21)34-2)25(31)28-27-24(30)14-18-15-26-20-8-4-3-7-19(18)20/h3-13,15,26,29H,14H2,1-2H3,(H,27,30)(H,28,31). The van der Waals surface area contributed by atoms with Gasteiger partial charge in [0.2, 0.25) is 5.91 Å². The van der Waals surface area contributed by atoms with E-state index in [2.05, 4.69) is 20.6 Å². The lowest BCUT2D eigenvalue weighted by Crippen LogP contribution is -2.42. The summed E-state index contributed by atoms with van der Waals surface area (Å²) in [7, 11) is -2.58. The Labute approximate surface area is 202 Å². The third kappa shape index (κ3) is 5.28. The van der Waals surface area contributed by atoms with Gasteiger partial charge in [-0.2, -0.15) is 0 Å². The average molecular weight is 493 g/mol. The van der Waals surface area contributed by atoms with Crippen molar-refractivity contribution in [3.05, 3.63) is 89.6 Å². The van der Waals surface area contributed by atoms with Gasteiger partial charge in [-0.1, -0.05) is 36.4 Å². The molecule has 0 aliphatic carbocycles. The maximum Gasteiger partial charge on any atom is 0.269 e. The number of hydrogen-bond acceptors (Lipinski definition) is 5. The summed E-state index contributed by atoms with van der Waals surface area (Å²) >= 11 is 0. The molecule has 180 valence electrons. The Morgan fingerprint density at radius 1 is 0.971 bits per heavy atom. The Morgan fingerprint density at radius 2 is 1.71 bits per heavy atom. The van der Waals surface area contributed by atoms with Crippen LogP contribution in [0.4, 0.5) is 5.69 Å². The van der Waals surface area contributed by atoms with Crippen LogP contribution < -0.4 is 20.3 Å². The number of benzene rings is 3. The van der Waals surface area contributed by atoms with Crippen LogP contribution in [0.25, 0.3) is 10.9 Å². The molecular weight excluding hydrogens is 468 g/mol. The Hall–Kier alpha value is -4.31. The summed E-state index contributed by atoms with van der Waals surface area (Å²) in [4.78, 5) is 28.1. The molecule has 0 fully saturated rings. The zero-order valence-electron chi connectivity index (χ0n) is 19.1. The Morgan fingerprint density at radius 3 is 2.51 bits per heavy atom. The van der Waals surface area contributed by atoms with Crippen LogP contribution in [-0.4, -0.2) is 32.3 Å². The van der Waals surface area contributed by atoms with E-state index in [9.17, 15) is 18.0 Å². The van der Waals surface area contributed by atoms with Crippen LogP contribution in [0.15, 0.2) is 77.8 Å². The number of aromatic nitrogens is 1. The Kier molecular flexibility index (Phi) is 6.74. The number of carbonyl (C=O) groups is 2. The van der Waals surface area contributed by atoms with Crippen molar-refractivity contribution in [3.63, 3.8) is 0 Å². The number of para-hydroxylation sites is 3. The quantitative estimate of drug-likeness (QED) is 0.294. The number of fused-ring (bicyclic) bond motifs is 1. The van der Waals surface area contributed by atoms with Gasteiger partial charge in [-0.25, -0.2) is 8.42 Å². The number of nitrogens with one attached hydrogen (secondary N) is 4. The molecule has 0 spiro atoms. The number of rotatable bonds is 7. The number of anilines is 1. The maximum absolute atomic E-state index is 13.0. The lowest BCUT2D eigenvalue weighted by molar-refractivity contribution is -0.121. The normalized spacial score (nSPS) is 11.1. The maximum atomic E-state index is 13.0. The van der Waals surface area contributed by atoms with Gasteiger partial charge in [0.05, 0.1) is 24.1 Å². The minimum atomic E-state index is -4.02. The molecule has 4 rings (SSSR count). The van der Waals surface area contributed by atoms with E-state index >= 15 is 0 Å². The van der Waals surface area contributed by atoms with Gasteiger partial charge in [0.1, 0.15) is 5.75 Å². The molecule has 4 N–H and O–H groups in total. The van der Waals surface area contributed by atoms with Crippen LogP contribution in [0, 0.1) is 6.92 Å². The molecule has 0 bridgehead atoms. The second-order valence-electron chi connectivity index (χ2n) is 7.82. The Balaban J connectivity index is 1.45. The first kappa shape index (κ1) is 23.8. The van der Waals surface area contributed by atoms with E-state index in [1.165, 1.54) is 25.3 Å². The number of carbonyl (C=O) groups excluding carboxylic acids is 2. The van der Waals surface area contributed by atoms with Crippen molar-refractivity contribution >= 4 is 38.4 Å². The minimum Gasteiger partial charge on any atom is -0.495 e. The number of sulfonamides is 1. The average Bonchev–Trinajstić information content (AvgIpc) is 3.25. The summed E-state index contributed by atoms with van der Waals surface area (Å²) in [6, 6.07) is 18.5. The van der Waals surface area contributed by atoms with Crippen LogP contribution in [-0.2, 0) is 21.2 Å². The molecule has 10 heteroatoms. The smallest absolute Gasteiger partial charge is 0.269 e. The summed E-state index contributed by atoms with van der Waals surface area (Å²) in [5.41, 5.74) is 7.22. The fourth-order valence-electron chi connectivity index (χ4n) is 3.65. The number of H-pyrrole nitrogens is 1. The van der Waals surface area contributed by atoms with E-state index in [0.29, 0.717) is 11.3 Å². The highest BCUT2D eigenvalue weighted by molar-refractivity contribution is 7.92. The van der Waals surface area contributed by atoms with Gasteiger partial charge in [0, 0.05) is 22.7 Å². The van der Waals surface area contributed by atoms with Gasteiger partial charge < -0.3 is 9.72 Å². The summed E-state index contributed by atoms with van der Waals surface area (Å²) in [5, 5.41) is 0.921. The molecule has 0 saturated carbocycles. The van der Waals surface area contributed by atoms with Crippen LogP contribution in [0.2, 0.25) is 0 Å². The zero-order valence-corrected chi connectivity index (χ0v) is 19.9. The molecule has 0 saturated heterocycles. The van der Waals surface area contributed by atoms with E-state index in [4.69, 9.17) is 4.74 Å². The number of hydrazine groups is 1. The van der Waals surface area contributed by atoms with Crippen LogP contribution in [0.5, 0.6) is 5.75 Å². The van der Waals surface area contributed by atoms with E-state index < -0.39 is 21.8 Å². The van der Waals surface area contributed by atoms with Crippen LogP contribution >= 0.6 is 0 Å². The summed E-state index contributed by atoms with van der Waals surface area (Å²) < 4.78 is 33.8. The summed E-state index contributed by atoms with van der Waals surface area (Å²) in [6.07, 6.45) is 1.80. The molecule has 0 unspecified atom stereocenters. The fraction of sp³-hybridized carbons (Fsp3) is 0.120. The van der Waals surface area contributed by atoms with Gasteiger partial charge in [-0.3, -0.25) is 25.2 Å². The predicted molar refractivity (Wildman–Crippen MR) is 133 cm³/mol. The van der Waals surface area contributed by atoms with Gasteiger partial charge in [0.15, 0.2) is 0 Å². The van der Waals surface area contributed by atoms with Crippen molar-refractivity contribution in [2.45, 2.75) is 18.2 Å². The molecule has 0 aliphatic rings. The van der Waals surface area contributed by atoms with Gasteiger partial charge in [0.25, 0.3) is 15.9 Å². The second-order valence-corrected chi connectivity index (χ2v) is 9.48. The number of methoxy groups -OCH3 is 1. The molecular formula is C25H24N4O5S. The highest BCUT2D eigenvalue weighted by Crippen LogP contribution is 2.27. The van der Waals surface area contributed by atoms with Crippen molar-refractivity contribution in [1.82, 2.24) is 15.8 Å². The van der Waals surface area contributed by atoms with E-state index in [-0.39, 0.29) is 22.6 Å². The Bertz CT molecular complexity index is 1510. The third-order valence-electron chi connectivity index (χ3n) is 5.43. The summed E-state index contributed by atoms with van der Waals surface area (Å²) in [6.45, 7) is 1.63. The molecule has 0 radical (unpaired) electrons. The number of aryl methyl sites for hydroxylation is 1. The van der Waals surface area contributed by atoms with Crippen molar-refractivity contribution in [2.24, 2.45) is 0 Å². The lowest BCUT2D eigenvalue weighted by atomic mass is 10.1. The number of aromatic amines is 1. The minimum absolute atomic E-state index is 0.0562. The lowest BCUT2D eigenvalue weighted by Gasteiger charge is -2.14. The van der Waals surface area contributed by atoms with Gasteiger partial charge in [-0.05, 0) is 48.4 Å². The predicted octanol–water partition coefficient (Wildman–Crippen LogP) is 3.29. The molecule has 9 nitrogen and oxygen atoms in total. The SMILES string of the molecule is COc1ccccc1NS(=O)(=O)c1cc(C(=O)NNC(=O)Cc2c[nH]c3ccccc23)ccc1C. The molecule has 2 amide bonds. The number of hydrogen-bond donors (Lipinski definition) is 4. The monoisotopic (exact) mass is 492 g/mol.